The summed E-state index contributed by atoms with van der Waals surface area (Å²) < 4.78 is 13.5. The lowest BCUT2D eigenvalue weighted by molar-refractivity contribution is -0.118. The minimum Gasteiger partial charge on any atom is -0.484 e. The van der Waals surface area contributed by atoms with E-state index in [1.165, 1.54) is 17.0 Å². The SMILES string of the molecule is Cc1cc([C@@H]2[C@H](c3ccccn3)NC(=S)N2c2ccc(NC(=O)COc3ccccc3)cc2)c(C)n1CCCN1CCOCC1. The number of pyridine rings is 1. The highest BCUT2D eigenvalue weighted by Crippen LogP contribution is 2.43. The molecule has 9 nitrogen and oxygen atoms in total. The van der Waals surface area contributed by atoms with E-state index in [0.717, 1.165) is 57.2 Å². The van der Waals surface area contributed by atoms with Crippen LogP contribution in [-0.2, 0) is 16.1 Å². The predicted molar refractivity (Wildman–Crippen MR) is 181 cm³/mol. The van der Waals surface area contributed by atoms with Crippen LogP contribution < -0.4 is 20.3 Å². The first-order chi connectivity index (χ1) is 22.0. The van der Waals surface area contributed by atoms with Crippen molar-refractivity contribution in [1.82, 2.24) is 19.8 Å². The number of rotatable bonds is 11. The van der Waals surface area contributed by atoms with Crippen molar-refractivity contribution in [3.05, 3.63) is 108 Å². The Morgan fingerprint density at radius 2 is 1.78 bits per heavy atom. The summed E-state index contributed by atoms with van der Waals surface area (Å²) in [6.07, 6.45) is 2.90. The number of benzene rings is 2. The molecule has 2 aliphatic heterocycles. The Morgan fingerprint density at radius 3 is 2.51 bits per heavy atom. The van der Waals surface area contributed by atoms with Crippen LogP contribution in [0, 0.1) is 13.8 Å². The molecule has 0 radical (unpaired) electrons. The average Bonchev–Trinajstić information content (AvgIpc) is 3.56. The van der Waals surface area contributed by atoms with E-state index in [1.54, 1.807) is 0 Å². The van der Waals surface area contributed by atoms with Crippen LogP contribution in [0.15, 0.2) is 85.1 Å². The molecule has 0 spiro atoms. The first-order valence-corrected chi connectivity index (χ1v) is 15.9. The lowest BCUT2D eigenvalue weighted by atomic mass is 9.96. The summed E-state index contributed by atoms with van der Waals surface area (Å²) in [6.45, 7) is 10.00. The number of aryl methyl sites for hydroxylation is 1. The third kappa shape index (κ3) is 7.19. The van der Waals surface area contributed by atoms with Crippen molar-refractivity contribution in [2.24, 2.45) is 0 Å². The van der Waals surface area contributed by atoms with Gasteiger partial charge in [-0.1, -0.05) is 24.3 Å². The van der Waals surface area contributed by atoms with Crippen LogP contribution >= 0.6 is 12.2 Å². The van der Waals surface area contributed by atoms with E-state index in [2.05, 4.69) is 51.0 Å². The highest BCUT2D eigenvalue weighted by atomic mass is 32.1. The lowest BCUT2D eigenvalue weighted by Crippen LogP contribution is -2.37. The second-order valence-electron chi connectivity index (χ2n) is 11.5. The summed E-state index contributed by atoms with van der Waals surface area (Å²) in [5.74, 6) is 0.433. The van der Waals surface area contributed by atoms with Crippen molar-refractivity contribution in [3.63, 3.8) is 0 Å². The highest BCUT2D eigenvalue weighted by molar-refractivity contribution is 7.80. The standard InChI is InChI=1S/C35H40N6O3S/c1-25-23-30(26(2)40(25)18-8-17-39-19-21-43-22-20-39)34-33(31-11-6-7-16-36-31)38-35(45)41(34)28-14-12-27(13-15-28)37-32(42)24-44-29-9-4-3-5-10-29/h3-7,9-16,23,33-34H,8,17-22,24H2,1-2H3,(H,37,42)(H,38,45)/t33-,34+/m0/s1. The zero-order valence-corrected chi connectivity index (χ0v) is 26.6. The Kier molecular flexibility index (Phi) is 9.73. The molecule has 234 valence electrons. The van der Waals surface area contributed by atoms with Gasteiger partial charge >= 0.3 is 0 Å². The molecule has 2 N–H and O–H groups in total. The van der Waals surface area contributed by atoms with Crippen LogP contribution in [0.1, 0.15) is 41.1 Å². The Bertz CT molecular complexity index is 1590. The quantitative estimate of drug-likeness (QED) is 0.214. The van der Waals surface area contributed by atoms with E-state index in [-0.39, 0.29) is 24.6 Å². The van der Waals surface area contributed by atoms with Crippen molar-refractivity contribution in [2.75, 3.05) is 49.7 Å². The minimum atomic E-state index is -0.223. The number of anilines is 2. The van der Waals surface area contributed by atoms with E-state index in [9.17, 15) is 4.79 Å². The fourth-order valence-electron chi connectivity index (χ4n) is 6.27. The van der Waals surface area contributed by atoms with Crippen molar-refractivity contribution in [2.45, 2.75) is 38.9 Å². The number of ether oxygens (including phenoxy) is 2. The fourth-order valence-corrected chi connectivity index (χ4v) is 6.61. The van der Waals surface area contributed by atoms with Crippen molar-refractivity contribution >= 4 is 34.6 Å². The predicted octanol–water partition coefficient (Wildman–Crippen LogP) is 5.42. The molecule has 0 unspecified atom stereocenters. The molecule has 2 saturated heterocycles. The van der Waals surface area contributed by atoms with Gasteiger partial charge in [-0.15, -0.1) is 0 Å². The number of aromatic nitrogens is 2. The zero-order valence-electron chi connectivity index (χ0n) is 25.8. The monoisotopic (exact) mass is 624 g/mol. The van der Waals surface area contributed by atoms with Gasteiger partial charge in [0.25, 0.3) is 5.91 Å². The molecule has 6 rings (SSSR count). The number of hydrogen-bond acceptors (Lipinski definition) is 6. The molecule has 2 aromatic carbocycles. The summed E-state index contributed by atoms with van der Waals surface area (Å²) in [7, 11) is 0. The minimum absolute atomic E-state index is 0.0677. The van der Waals surface area contributed by atoms with Gasteiger partial charge in [0.1, 0.15) is 5.75 Å². The van der Waals surface area contributed by atoms with Gasteiger partial charge in [-0.2, -0.15) is 0 Å². The zero-order chi connectivity index (χ0) is 31.2. The largest absolute Gasteiger partial charge is 0.484 e. The molecule has 0 saturated carbocycles. The Morgan fingerprint density at radius 1 is 1.02 bits per heavy atom. The maximum absolute atomic E-state index is 12.6. The van der Waals surface area contributed by atoms with E-state index < -0.39 is 0 Å². The van der Waals surface area contributed by atoms with Crippen LogP contribution in [0.2, 0.25) is 0 Å². The van der Waals surface area contributed by atoms with Crippen molar-refractivity contribution in [1.29, 1.82) is 0 Å². The van der Waals surface area contributed by atoms with Gasteiger partial charge in [0.05, 0.1) is 31.0 Å². The number of nitrogens with one attached hydrogen (secondary N) is 2. The molecular formula is C35H40N6O3S. The molecule has 2 fully saturated rings. The molecule has 4 aromatic rings. The Labute approximate surface area is 270 Å². The number of nitrogens with zero attached hydrogens (tertiary/aromatic N) is 4. The van der Waals surface area contributed by atoms with Crippen LogP contribution in [0.3, 0.4) is 0 Å². The van der Waals surface area contributed by atoms with Crippen molar-refractivity contribution < 1.29 is 14.3 Å². The number of morpholine rings is 1. The first-order valence-electron chi connectivity index (χ1n) is 15.5. The molecule has 2 aromatic heterocycles. The number of thiocarbonyl (C=S) groups is 1. The fraction of sp³-hybridized carbons (Fsp3) is 0.343. The molecule has 0 aliphatic carbocycles. The molecule has 10 heteroatoms. The molecule has 4 heterocycles. The summed E-state index contributed by atoms with van der Waals surface area (Å²) in [6, 6.07) is 25.2. The van der Waals surface area contributed by atoms with Crippen LogP contribution in [0.5, 0.6) is 5.75 Å². The number of carbonyl (C=O) groups excluding carboxylic acids is 1. The van der Waals surface area contributed by atoms with Gasteiger partial charge in [-0.3, -0.25) is 14.7 Å². The summed E-state index contributed by atoms with van der Waals surface area (Å²) >= 11 is 5.96. The van der Waals surface area contributed by atoms with Crippen LogP contribution in [0.4, 0.5) is 11.4 Å². The molecule has 0 bridgehead atoms. The van der Waals surface area contributed by atoms with E-state index in [1.807, 2.05) is 72.9 Å². The van der Waals surface area contributed by atoms with Crippen LogP contribution in [-0.4, -0.2) is 64.9 Å². The molecule has 2 atom stereocenters. The second kappa shape index (κ2) is 14.2. The van der Waals surface area contributed by atoms with Gasteiger partial charge in [-0.05, 0) is 92.6 Å². The summed E-state index contributed by atoms with van der Waals surface area (Å²) in [4.78, 5) is 21.9. The van der Waals surface area contributed by atoms with E-state index in [0.29, 0.717) is 16.5 Å². The number of carbonyl (C=O) groups is 1. The topological polar surface area (TPSA) is 83.9 Å². The third-order valence-corrected chi connectivity index (χ3v) is 8.85. The van der Waals surface area contributed by atoms with E-state index >= 15 is 0 Å². The summed E-state index contributed by atoms with van der Waals surface area (Å²) in [5.41, 5.74) is 6.25. The normalized spacial score (nSPS) is 18.5. The number of para-hydroxylation sites is 1. The van der Waals surface area contributed by atoms with Crippen molar-refractivity contribution in [3.8, 4) is 5.75 Å². The summed E-state index contributed by atoms with van der Waals surface area (Å²) in [5, 5.41) is 7.14. The smallest absolute Gasteiger partial charge is 0.262 e. The maximum atomic E-state index is 12.6. The van der Waals surface area contributed by atoms with Crippen LogP contribution in [0.25, 0.3) is 0 Å². The molecule has 1 amide bonds. The first kappa shape index (κ1) is 30.8. The molecule has 2 aliphatic rings. The number of amides is 1. The van der Waals surface area contributed by atoms with Gasteiger partial charge in [0.2, 0.25) is 0 Å². The van der Waals surface area contributed by atoms with Gasteiger partial charge in [0, 0.05) is 55.1 Å². The molecular weight excluding hydrogens is 584 g/mol. The second-order valence-corrected chi connectivity index (χ2v) is 11.9. The average molecular weight is 625 g/mol. The number of hydrogen-bond donors (Lipinski definition) is 2. The Hall–Kier alpha value is -4.25. The van der Waals surface area contributed by atoms with E-state index in [4.69, 9.17) is 26.7 Å². The van der Waals surface area contributed by atoms with Gasteiger partial charge in [0.15, 0.2) is 11.7 Å². The maximum Gasteiger partial charge on any atom is 0.262 e. The highest BCUT2D eigenvalue weighted by Gasteiger charge is 2.42. The molecule has 45 heavy (non-hydrogen) atoms. The van der Waals surface area contributed by atoms with Gasteiger partial charge < -0.3 is 29.6 Å². The van der Waals surface area contributed by atoms with Gasteiger partial charge in [-0.25, -0.2) is 0 Å². The third-order valence-electron chi connectivity index (χ3n) is 8.53. The Balaban J connectivity index is 1.21. The lowest BCUT2D eigenvalue weighted by Gasteiger charge is -2.28.